The number of hydrogen-bond acceptors (Lipinski definition) is 3. The molecule has 1 saturated heterocycles. The van der Waals surface area contributed by atoms with E-state index in [2.05, 4.69) is 17.3 Å². The highest BCUT2D eigenvalue weighted by atomic mass is 16.3. The first-order valence-corrected chi connectivity index (χ1v) is 5.82. The molecule has 2 rings (SSSR count). The van der Waals surface area contributed by atoms with E-state index in [0.717, 1.165) is 25.9 Å². The summed E-state index contributed by atoms with van der Waals surface area (Å²) in [6.45, 7) is 3.16. The highest BCUT2D eigenvalue weighted by Crippen LogP contribution is 2.30. The van der Waals surface area contributed by atoms with Crippen molar-refractivity contribution in [2.24, 2.45) is 0 Å². The number of nitrogens with one attached hydrogen (secondary N) is 1. The molecule has 1 saturated carbocycles. The topological polar surface area (TPSA) is 35.5 Å². The van der Waals surface area contributed by atoms with Crippen molar-refractivity contribution >= 4 is 0 Å². The van der Waals surface area contributed by atoms with Crippen LogP contribution in [0.15, 0.2) is 0 Å². The Morgan fingerprint density at radius 1 is 1.43 bits per heavy atom. The van der Waals surface area contributed by atoms with E-state index in [4.69, 9.17) is 0 Å². The Labute approximate surface area is 86.5 Å². The van der Waals surface area contributed by atoms with E-state index in [0.29, 0.717) is 6.04 Å². The molecule has 1 aliphatic heterocycles. The van der Waals surface area contributed by atoms with Gasteiger partial charge in [0.05, 0.1) is 5.60 Å². The van der Waals surface area contributed by atoms with Gasteiger partial charge in [0.1, 0.15) is 0 Å². The van der Waals surface area contributed by atoms with Crippen molar-refractivity contribution in [3.63, 3.8) is 0 Å². The molecule has 82 valence electrons. The molecule has 3 nitrogen and oxygen atoms in total. The minimum Gasteiger partial charge on any atom is -0.389 e. The van der Waals surface area contributed by atoms with E-state index in [1.807, 2.05) is 0 Å². The molecular weight excluding hydrogens is 176 g/mol. The number of nitrogens with zero attached hydrogens (tertiary/aromatic N) is 1. The average molecular weight is 198 g/mol. The van der Waals surface area contributed by atoms with Crippen LogP contribution in [0.5, 0.6) is 0 Å². The summed E-state index contributed by atoms with van der Waals surface area (Å²) in [6.07, 6.45) is 5.72. The summed E-state index contributed by atoms with van der Waals surface area (Å²) in [4.78, 5) is 2.37. The number of hydrogen-bond donors (Lipinski definition) is 2. The molecule has 14 heavy (non-hydrogen) atoms. The zero-order valence-corrected chi connectivity index (χ0v) is 9.13. The van der Waals surface area contributed by atoms with Crippen molar-refractivity contribution in [1.29, 1.82) is 0 Å². The predicted molar refractivity (Wildman–Crippen MR) is 57.3 cm³/mol. The normalized spacial score (nSPS) is 32.6. The minimum absolute atomic E-state index is 0.365. The zero-order chi connectivity index (χ0) is 10.0. The van der Waals surface area contributed by atoms with Crippen LogP contribution in [0, 0.1) is 0 Å². The molecular formula is C11H22N2O. The molecule has 0 aromatic carbocycles. The predicted octanol–water partition coefficient (Wildman–Crippen LogP) is 0.585. The summed E-state index contributed by atoms with van der Waals surface area (Å²) in [5.74, 6) is 0. The number of likely N-dealkylation sites (N-methyl/N-ethyl adjacent to an activating group) is 1. The van der Waals surface area contributed by atoms with Gasteiger partial charge in [-0.05, 0) is 45.7 Å². The van der Waals surface area contributed by atoms with Gasteiger partial charge in [0, 0.05) is 19.1 Å². The monoisotopic (exact) mass is 198 g/mol. The lowest BCUT2D eigenvalue weighted by atomic mass is 9.80. The van der Waals surface area contributed by atoms with Gasteiger partial charge in [-0.1, -0.05) is 0 Å². The summed E-state index contributed by atoms with van der Waals surface area (Å²) < 4.78 is 0. The number of rotatable bonds is 3. The Bertz CT molecular complexity index is 192. The average Bonchev–Trinajstić information content (AvgIpc) is 2.12. The van der Waals surface area contributed by atoms with Crippen LogP contribution >= 0.6 is 0 Å². The molecule has 1 unspecified atom stereocenters. The Hall–Kier alpha value is -0.120. The molecule has 2 aliphatic rings. The molecule has 2 N–H and O–H groups in total. The first-order valence-electron chi connectivity index (χ1n) is 5.82. The van der Waals surface area contributed by atoms with Crippen molar-refractivity contribution in [3.8, 4) is 0 Å². The fourth-order valence-electron chi connectivity index (χ4n) is 2.43. The number of piperidine rings is 1. The van der Waals surface area contributed by atoms with Crippen LogP contribution in [0.4, 0.5) is 0 Å². The molecule has 3 heteroatoms. The van der Waals surface area contributed by atoms with Crippen molar-refractivity contribution in [2.45, 2.75) is 43.7 Å². The van der Waals surface area contributed by atoms with Gasteiger partial charge in [-0.2, -0.15) is 0 Å². The van der Waals surface area contributed by atoms with Crippen LogP contribution in [0.1, 0.15) is 32.1 Å². The van der Waals surface area contributed by atoms with E-state index < -0.39 is 0 Å². The Morgan fingerprint density at radius 2 is 2.21 bits per heavy atom. The Kier molecular flexibility index (Phi) is 3.10. The highest BCUT2D eigenvalue weighted by molar-refractivity contribution is 4.91. The van der Waals surface area contributed by atoms with Crippen LogP contribution in [-0.2, 0) is 0 Å². The van der Waals surface area contributed by atoms with E-state index in [9.17, 15) is 5.11 Å². The summed E-state index contributed by atoms with van der Waals surface area (Å²) in [5.41, 5.74) is -0.365. The molecule has 2 fully saturated rings. The van der Waals surface area contributed by atoms with Gasteiger partial charge in [0.25, 0.3) is 0 Å². The van der Waals surface area contributed by atoms with Gasteiger partial charge in [-0.25, -0.2) is 0 Å². The largest absolute Gasteiger partial charge is 0.389 e. The second kappa shape index (κ2) is 4.17. The lowest BCUT2D eigenvalue weighted by Gasteiger charge is -2.39. The first-order chi connectivity index (χ1) is 6.68. The van der Waals surface area contributed by atoms with Gasteiger partial charge in [0.15, 0.2) is 0 Å². The Balaban J connectivity index is 1.69. The van der Waals surface area contributed by atoms with E-state index in [1.54, 1.807) is 0 Å². The molecule has 1 heterocycles. The van der Waals surface area contributed by atoms with Gasteiger partial charge in [-0.3, -0.25) is 0 Å². The second-order valence-corrected chi connectivity index (χ2v) is 5.06. The molecule has 0 aromatic rings. The van der Waals surface area contributed by atoms with Crippen LogP contribution in [0.3, 0.4) is 0 Å². The van der Waals surface area contributed by atoms with Gasteiger partial charge in [-0.15, -0.1) is 0 Å². The fourth-order valence-corrected chi connectivity index (χ4v) is 2.43. The minimum atomic E-state index is -0.365. The zero-order valence-electron chi connectivity index (χ0n) is 9.13. The third-order valence-corrected chi connectivity index (χ3v) is 3.63. The van der Waals surface area contributed by atoms with E-state index >= 15 is 0 Å². The third kappa shape index (κ3) is 2.47. The fraction of sp³-hybridized carbons (Fsp3) is 1.00. The first kappa shape index (κ1) is 10.4. The molecule has 1 aliphatic carbocycles. The maximum atomic E-state index is 9.93. The lowest BCUT2D eigenvalue weighted by molar-refractivity contribution is -0.0346. The van der Waals surface area contributed by atoms with Gasteiger partial charge >= 0.3 is 0 Å². The maximum absolute atomic E-state index is 9.93. The molecule has 0 bridgehead atoms. The van der Waals surface area contributed by atoms with E-state index in [1.165, 1.54) is 25.8 Å². The van der Waals surface area contributed by atoms with Crippen LogP contribution in [0.25, 0.3) is 0 Å². The van der Waals surface area contributed by atoms with Crippen molar-refractivity contribution < 1.29 is 5.11 Å². The smallest absolute Gasteiger partial charge is 0.0771 e. The third-order valence-electron chi connectivity index (χ3n) is 3.63. The van der Waals surface area contributed by atoms with Crippen molar-refractivity contribution in [1.82, 2.24) is 10.2 Å². The molecule has 0 radical (unpaired) electrons. The van der Waals surface area contributed by atoms with Crippen LogP contribution in [0.2, 0.25) is 0 Å². The Morgan fingerprint density at radius 3 is 2.79 bits per heavy atom. The molecule has 0 spiro atoms. The van der Waals surface area contributed by atoms with Crippen LogP contribution < -0.4 is 5.32 Å². The van der Waals surface area contributed by atoms with Crippen molar-refractivity contribution in [2.75, 3.05) is 26.7 Å². The molecule has 0 amide bonds. The number of likely N-dealkylation sites (tertiary alicyclic amines) is 1. The lowest BCUT2D eigenvalue weighted by Crippen LogP contribution is -2.52. The quantitative estimate of drug-likeness (QED) is 0.696. The summed E-state index contributed by atoms with van der Waals surface area (Å²) in [5, 5.41) is 13.4. The van der Waals surface area contributed by atoms with Crippen molar-refractivity contribution in [3.05, 3.63) is 0 Å². The second-order valence-electron chi connectivity index (χ2n) is 5.06. The van der Waals surface area contributed by atoms with Gasteiger partial charge in [0.2, 0.25) is 0 Å². The summed E-state index contributed by atoms with van der Waals surface area (Å²) >= 11 is 0. The summed E-state index contributed by atoms with van der Waals surface area (Å²) in [7, 11) is 2.17. The number of aliphatic hydroxyl groups is 1. The molecule has 1 atom stereocenters. The standard InChI is InChI=1S/C11H22N2O/c1-13-7-2-4-10(8-13)12-9-11(14)5-3-6-11/h10,12,14H,2-9H2,1H3. The van der Waals surface area contributed by atoms with Crippen LogP contribution in [-0.4, -0.2) is 48.3 Å². The highest BCUT2D eigenvalue weighted by Gasteiger charge is 2.34. The van der Waals surface area contributed by atoms with Gasteiger partial charge < -0.3 is 15.3 Å². The maximum Gasteiger partial charge on any atom is 0.0771 e. The SMILES string of the molecule is CN1CCCC(NCC2(O)CCC2)C1. The van der Waals surface area contributed by atoms with E-state index in [-0.39, 0.29) is 5.60 Å². The summed E-state index contributed by atoms with van der Waals surface area (Å²) in [6, 6.07) is 0.596. The molecule has 0 aromatic heterocycles.